The van der Waals surface area contributed by atoms with Gasteiger partial charge in [-0.15, -0.1) is 0 Å². The summed E-state index contributed by atoms with van der Waals surface area (Å²) in [5.74, 6) is 0. The van der Waals surface area contributed by atoms with Crippen LogP contribution in [0.4, 0.5) is 0 Å². The van der Waals surface area contributed by atoms with Gasteiger partial charge in [-0.3, -0.25) is 0 Å². The van der Waals surface area contributed by atoms with Crippen molar-refractivity contribution < 1.29 is 0 Å². The molecule has 2 nitrogen and oxygen atoms in total. The predicted octanol–water partition coefficient (Wildman–Crippen LogP) is 1.37. The molecule has 1 aromatic carbocycles. The van der Waals surface area contributed by atoms with Crippen LogP contribution in [0.5, 0.6) is 0 Å². The smallest absolute Gasteiger partial charge is 0.0795 e. The molecular weight excluding hydrogens is 192 g/mol. The van der Waals surface area contributed by atoms with Gasteiger partial charge in [0.2, 0.25) is 0 Å². The third kappa shape index (κ3) is 1.56. The number of nitrogens with two attached hydrogens (primary N) is 2. The average Bonchev–Trinajstić information content (AvgIpc) is 1.88. The first-order chi connectivity index (χ1) is 4.72. The lowest BCUT2D eigenvalue weighted by Gasteiger charge is -2.06. The van der Waals surface area contributed by atoms with Crippen LogP contribution in [0.2, 0.25) is 0 Å². The third-order valence-corrected chi connectivity index (χ3v) is 1.99. The Labute approximate surface area is 68.3 Å². The Morgan fingerprint density at radius 1 is 1.20 bits per heavy atom. The van der Waals surface area contributed by atoms with Crippen molar-refractivity contribution in [3.63, 3.8) is 0 Å². The fraction of sp³-hybridized carbons (Fsp3) is 0.143. The summed E-state index contributed by atoms with van der Waals surface area (Å²) in [6.45, 7) is 0. The lowest BCUT2D eigenvalue weighted by Crippen LogP contribution is -2.20. The molecule has 0 aliphatic carbocycles. The second-order valence-corrected chi connectivity index (χ2v) is 2.90. The molecule has 0 aromatic heterocycles. The standard InChI is InChI=1S/C7H9BrN2/c8-6-4-2-1-3-5(6)7(9)10/h1-4,7H,9-10H2. The molecule has 0 aliphatic rings. The number of rotatable bonds is 1. The Morgan fingerprint density at radius 2 is 1.80 bits per heavy atom. The number of hydrogen-bond donors (Lipinski definition) is 2. The van der Waals surface area contributed by atoms with Gasteiger partial charge in [0.15, 0.2) is 0 Å². The summed E-state index contributed by atoms with van der Waals surface area (Å²) in [6, 6.07) is 7.65. The molecule has 0 aliphatic heterocycles. The minimum absolute atomic E-state index is 0.393. The van der Waals surface area contributed by atoms with E-state index in [0.717, 1.165) is 10.0 Å². The summed E-state index contributed by atoms with van der Waals surface area (Å²) in [5, 5.41) is 0. The van der Waals surface area contributed by atoms with Gasteiger partial charge in [0.25, 0.3) is 0 Å². The zero-order valence-corrected chi connectivity index (χ0v) is 7.01. The fourth-order valence-corrected chi connectivity index (χ4v) is 1.29. The van der Waals surface area contributed by atoms with Crippen molar-refractivity contribution in [1.29, 1.82) is 0 Å². The van der Waals surface area contributed by atoms with E-state index in [9.17, 15) is 0 Å². The number of halogens is 1. The lowest BCUT2D eigenvalue weighted by molar-refractivity contribution is 0.769. The maximum absolute atomic E-state index is 5.46. The SMILES string of the molecule is NC(N)c1ccccc1Br. The van der Waals surface area contributed by atoms with Crippen molar-refractivity contribution in [3.8, 4) is 0 Å². The molecule has 54 valence electrons. The quantitative estimate of drug-likeness (QED) is 0.674. The van der Waals surface area contributed by atoms with Gasteiger partial charge in [0, 0.05) is 4.47 Å². The summed E-state index contributed by atoms with van der Waals surface area (Å²) in [4.78, 5) is 0. The second kappa shape index (κ2) is 3.14. The van der Waals surface area contributed by atoms with E-state index in [1.165, 1.54) is 0 Å². The van der Waals surface area contributed by atoms with Gasteiger partial charge >= 0.3 is 0 Å². The first kappa shape index (κ1) is 7.72. The van der Waals surface area contributed by atoms with E-state index in [1.54, 1.807) is 0 Å². The topological polar surface area (TPSA) is 52.0 Å². The van der Waals surface area contributed by atoms with Crippen LogP contribution >= 0.6 is 15.9 Å². The molecule has 0 saturated carbocycles. The van der Waals surface area contributed by atoms with Gasteiger partial charge in [0.05, 0.1) is 6.17 Å². The maximum atomic E-state index is 5.46. The molecular formula is C7H9BrN2. The first-order valence-corrected chi connectivity index (χ1v) is 3.76. The van der Waals surface area contributed by atoms with Crippen LogP contribution in [0.1, 0.15) is 11.7 Å². The molecule has 0 radical (unpaired) electrons. The normalized spacial score (nSPS) is 10.4. The molecule has 0 heterocycles. The molecule has 0 atom stereocenters. The summed E-state index contributed by atoms with van der Waals surface area (Å²) >= 11 is 3.34. The summed E-state index contributed by atoms with van der Waals surface area (Å²) in [6.07, 6.45) is -0.393. The van der Waals surface area contributed by atoms with E-state index in [1.807, 2.05) is 24.3 Å². The van der Waals surface area contributed by atoms with E-state index in [4.69, 9.17) is 11.5 Å². The molecule has 0 spiro atoms. The second-order valence-electron chi connectivity index (χ2n) is 2.05. The Bertz CT molecular complexity index is 223. The Morgan fingerprint density at radius 3 is 2.20 bits per heavy atom. The third-order valence-electron chi connectivity index (χ3n) is 1.26. The highest BCUT2D eigenvalue weighted by atomic mass is 79.9. The van der Waals surface area contributed by atoms with E-state index in [0.29, 0.717) is 0 Å². The molecule has 10 heavy (non-hydrogen) atoms. The molecule has 0 saturated heterocycles. The number of benzene rings is 1. The molecule has 4 N–H and O–H groups in total. The summed E-state index contributed by atoms with van der Waals surface area (Å²) in [5.41, 5.74) is 11.9. The van der Waals surface area contributed by atoms with Crippen molar-refractivity contribution >= 4 is 15.9 Å². The average molecular weight is 201 g/mol. The van der Waals surface area contributed by atoms with Crippen LogP contribution < -0.4 is 11.5 Å². The van der Waals surface area contributed by atoms with Crippen LogP contribution in [0.15, 0.2) is 28.7 Å². The molecule has 0 amide bonds. The van der Waals surface area contributed by atoms with Crippen LogP contribution in [-0.2, 0) is 0 Å². The first-order valence-electron chi connectivity index (χ1n) is 2.97. The Balaban J connectivity index is 3.03. The lowest BCUT2D eigenvalue weighted by atomic mass is 10.2. The van der Waals surface area contributed by atoms with Crippen molar-refractivity contribution in [2.24, 2.45) is 11.5 Å². The van der Waals surface area contributed by atoms with Crippen molar-refractivity contribution in [2.45, 2.75) is 6.17 Å². The Hall–Kier alpha value is -0.380. The molecule has 0 fully saturated rings. The van der Waals surface area contributed by atoms with E-state index >= 15 is 0 Å². The van der Waals surface area contributed by atoms with Crippen LogP contribution in [0.3, 0.4) is 0 Å². The van der Waals surface area contributed by atoms with Crippen molar-refractivity contribution in [1.82, 2.24) is 0 Å². The van der Waals surface area contributed by atoms with Gasteiger partial charge in [-0.05, 0) is 11.6 Å². The van der Waals surface area contributed by atoms with Crippen LogP contribution in [0, 0.1) is 0 Å². The fourth-order valence-electron chi connectivity index (χ4n) is 0.745. The largest absolute Gasteiger partial charge is 0.312 e. The zero-order valence-electron chi connectivity index (χ0n) is 5.42. The van der Waals surface area contributed by atoms with E-state index < -0.39 is 6.17 Å². The molecule has 3 heteroatoms. The molecule has 0 bridgehead atoms. The predicted molar refractivity (Wildman–Crippen MR) is 45.3 cm³/mol. The molecule has 0 unspecified atom stereocenters. The highest BCUT2D eigenvalue weighted by Gasteiger charge is 2.01. The van der Waals surface area contributed by atoms with Crippen LogP contribution in [-0.4, -0.2) is 0 Å². The van der Waals surface area contributed by atoms with Gasteiger partial charge in [0.1, 0.15) is 0 Å². The minimum atomic E-state index is -0.393. The van der Waals surface area contributed by atoms with Gasteiger partial charge in [-0.1, -0.05) is 34.1 Å². The molecule has 1 aromatic rings. The van der Waals surface area contributed by atoms with Gasteiger partial charge in [-0.25, -0.2) is 0 Å². The van der Waals surface area contributed by atoms with E-state index in [2.05, 4.69) is 15.9 Å². The maximum Gasteiger partial charge on any atom is 0.0795 e. The minimum Gasteiger partial charge on any atom is -0.312 e. The Kier molecular flexibility index (Phi) is 2.43. The van der Waals surface area contributed by atoms with Crippen molar-refractivity contribution in [3.05, 3.63) is 34.3 Å². The number of hydrogen-bond acceptors (Lipinski definition) is 2. The highest BCUT2D eigenvalue weighted by molar-refractivity contribution is 9.10. The zero-order chi connectivity index (χ0) is 7.56. The van der Waals surface area contributed by atoms with Crippen LogP contribution in [0.25, 0.3) is 0 Å². The highest BCUT2D eigenvalue weighted by Crippen LogP contribution is 2.18. The van der Waals surface area contributed by atoms with E-state index in [-0.39, 0.29) is 0 Å². The summed E-state index contributed by atoms with van der Waals surface area (Å²) < 4.78 is 0.963. The summed E-state index contributed by atoms with van der Waals surface area (Å²) in [7, 11) is 0. The monoisotopic (exact) mass is 200 g/mol. The van der Waals surface area contributed by atoms with Crippen molar-refractivity contribution in [2.75, 3.05) is 0 Å². The molecule has 1 rings (SSSR count). The van der Waals surface area contributed by atoms with Gasteiger partial charge in [-0.2, -0.15) is 0 Å². The van der Waals surface area contributed by atoms with Gasteiger partial charge < -0.3 is 11.5 Å².